The van der Waals surface area contributed by atoms with E-state index in [1.54, 1.807) is 24.3 Å². The highest BCUT2D eigenvalue weighted by Crippen LogP contribution is 2.13. The molecule has 1 aliphatic rings. The third kappa shape index (κ3) is 4.53. The van der Waals surface area contributed by atoms with Gasteiger partial charge in [0.15, 0.2) is 0 Å². The van der Waals surface area contributed by atoms with E-state index < -0.39 is 16.2 Å². The van der Waals surface area contributed by atoms with Crippen molar-refractivity contribution in [3.63, 3.8) is 0 Å². The van der Waals surface area contributed by atoms with Crippen molar-refractivity contribution in [3.05, 3.63) is 35.4 Å². The van der Waals surface area contributed by atoms with Gasteiger partial charge in [0.05, 0.1) is 12.7 Å². The van der Waals surface area contributed by atoms with Crippen LogP contribution in [-0.4, -0.2) is 38.9 Å². The number of esters is 1. The highest BCUT2D eigenvalue weighted by molar-refractivity contribution is 7.87. The summed E-state index contributed by atoms with van der Waals surface area (Å²) in [5, 5.41) is 0. The van der Waals surface area contributed by atoms with Crippen LogP contribution >= 0.6 is 0 Å². The van der Waals surface area contributed by atoms with Crippen LogP contribution in [0.25, 0.3) is 0 Å². The Bertz CT molecular complexity index is 590. The predicted octanol–water partition coefficient (Wildman–Crippen LogP) is 1.68. The number of carbonyl (C=O) groups excluding carboxylic acids is 1. The minimum Gasteiger partial charge on any atom is -0.465 e. The first-order valence-corrected chi connectivity index (χ1v) is 8.89. The third-order valence-corrected chi connectivity index (χ3v) is 5.29. The smallest absolute Gasteiger partial charge is 0.337 e. The average molecular weight is 326 g/mol. The molecule has 1 N–H and O–H groups in total. The van der Waals surface area contributed by atoms with Gasteiger partial charge in [-0.25, -0.2) is 4.79 Å². The van der Waals surface area contributed by atoms with Crippen molar-refractivity contribution in [2.45, 2.75) is 32.2 Å². The Morgan fingerprint density at radius 2 is 1.73 bits per heavy atom. The second-order valence-electron chi connectivity index (χ2n) is 5.33. The standard InChI is InChI=1S/C15H22N2O4S/c1-21-15(18)14-8-6-13(7-9-14)12-16-22(19,20)17-10-4-2-3-5-11-17/h6-9,16H,2-5,10-12H2,1H3. The summed E-state index contributed by atoms with van der Waals surface area (Å²) >= 11 is 0. The molecule has 0 atom stereocenters. The van der Waals surface area contributed by atoms with Gasteiger partial charge in [-0.15, -0.1) is 0 Å². The molecule has 0 saturated carbocycles. The van der Waals surface area contributed by atoms with E-state index in [2.05, 4.69) is 9.46 Å². The Labute approximate surface area is 131 Å². The Morgan fingerprint density at radius 3 is 2.27 bits per heavy atom. The van der Waals surface area contributed by atoms with Crippen molar-refractivity contribution < 1.29 is 17.9 Å². The van der Waals surface area contributed by atoms with Crippen LogP contribution in [0, 0.1) is 0 Å². The molecule has 1 aromatic carbocycles. The largest absolute Gasteiger partial charge is 0.465 e. The summed E-state index contributed by atoms with van der Waals surface area (Å²) < 4.78 is 33.3. The van der Waals surface area contributed by atoms with Crippen molar-refractivity contribution in [1.29, 1.82) is 0 Å². The van der Waals surface area contributed by atoms with Crippen LogP contribution < -0.4 is 4.72 Å². The van der Waals surface area contributed by atoms with Gasteiger partial charge in [-0.2, -0.15) is 17.4 Å². The van der Waals surface area contributed by atoms with Gasteiger partial charge in [0.25, 0.3) is 10.2 Å². The Hall–Kier alpha value is -1.44. The molecule has 0 aromatic heterocycles. The Balaban J connectivity index is 1.95. The van der Waals surface area contributed by atoms with E-state index in [1.165, 1.54) is 11.4 Å². The second-order valence-corrected chi connectivity index (χ2v) is 7.08. The minimum atomic E-state index is -3.44. The molecule has 1 aliphatic heterocycles. The minimum absolute atomic E-state index is 0.209. The lowest BCUT2D eigenvalue weighted by atomic mass is 10.1. The number of methoxy groups -OCH3 is 1. The maximum Gasteiger partial charge on any atom is 0.337 e. The van der Waals surface area contributed by atoms with E-state index in [-0.39, 0.29) is 6.54 Å². The van der Waals surface area contributed by atoms with E-state index in [0.29, 0.717) is 18.7 Å². The quantitative estimate of drug-likeness (QED) is 0.835. The summed E-state index contributed by atoms with van der Waals surface area (Å²) in [6.07, 6.45) is 3.99. The van der Waals surface area contributed by atoms with Gasteiger partial charge in [-0.1, -0.05) is 25.0 Å². The number of nitrogens with one attached hydrogen (secondary N) is 1. The highest BCUT2D eigenvalue weighted by atomic mass is 32.2. The molecule has 122 valence electrons. The van der Waals surface area contributed by atoms with Crippen LogP contribution in [0.2, 0.25) is 0 Å². The zero-order valence-electron chi connectivity index (χ0n) is 12.7. The molecular formula is C15H22N2O4S. The molecule has 1 heterocycles. The van der Waals surface area contributed by atoms with Crippen molar-refractivity contribution in [2.24, 2.45) is 0 Å². The first-order chi connectivity index (χ1) is 10.5. The van der Waals surface area contributed by atoms with Crippen LogP contribution in [0.4, 0.5) is 0 Å². The molecule has 0 aliphatic carbocycles. The van der Waals surface area contributed by atoms with Crippen molar-refractivity contribution >= 4 is 16.2 Å². The molecule has 0 bridgehead atoms. The number of ether oxygens (including phenoxy) is 1. The molecule has 7 heteroatoms. The van der Waals surface area contributed by atoms with Gasteiger partial charge < -0.3 is 4.74 Å². The molecule has 0 radical (unpaired) electrons. The van der Waals surface area contributed by atoms with Gasteiger partial charge in [-0.05, 0) is 30.5 Å². The summed E-state index contributed by atoms with van der Waals surface area (Å²) in [5.74, 6) is -0.406. The molecule has 1 saturated heterocycles. The number of carbonyl (C=O) groups is 1. The SMILES string of the molecule is COC(=O)c1ccc(CNS(=O)(=O)N2CCCCCC2)cc1. The van der Waals surface area contributed by atoms with Crippen LogP contribution in [0.15, 0.2) is 24.3 Å². The number of nitrogens with zero attached hydrogens (tertiary/aromatic N) is 1. The molecule has 2 rings (SSSR count). The predicted molar refractivity (Wildman–Crippen MR) is 83.6 cm³/mol. The molecule has 22 heavy (non-hydrogen) atoms. The van der Waals surface area contributed by atoms with Gasteiger partial charge in [0, 0.05) is 19.6 Å². The fourth-order valence-electron chi connectivity index (χ4n) is 2.42. The van der Waals surface area contributed by atoms with Crippen LogP contribution in [0.3, 0.4) is 0 Å². The third-order valence-electron chi connectivity index (χ3n) is 3.74. The molecule has 1 fully saturated rings. The lowest BCUT2D eigenvalue weighted by Gasteiger charge is -2.20. The molecule has 0 unspecified atom stereocenters. The molecule has 1 aromatic rings. The number of hydrogen-bond acceptors (Lipinski definition) is 4. The van der Waals surface area contributed by atoms with Gasteiger partial charge in [0.2, 0.25) is 0 Å². The summed E-state index contributed by atoms with van der Waals surface area (Å²) in [7, 11) is -2.12. The van der Waals surface area contributed by atoms with Crippen molar-refractivity contribution in [1.82, 2.24) is 9.03 Å². The van der Waals surface area contributed by atoms with Gasteiger partial charge in [0.1, 0.15) is 0 Å². The molecular weight excluding hydrogens is 304 g/mol. The normalized spacial score (nSPS) is 17.0. The maximum absolute atomic E-state index is 12.3. The fourth-order valence-corrected chi connectivity index (χ4v) is 3.69. The van der Waals surface area contributed by atoms with Crippen LogP contribution in [0.1, 0.15) is 41.6 Å². The van der Waals surface area contributed by atoms with E-state index in [0.717, 1.165) is 31.2 Å². The van der Waals surface area contributed by atoms with Crippen LogP contribution in [0.5, 0.6) is 0 Å². The van der Waals surface area contributed by atoms with Gasteiger partial charge in [-0.3, -0.25) is 0 Å². The fraction of sp³-hybridized carbons (Fsp3) is 0.533. The van der Waals surface area contributed by atoms with E-state index in [1.807, 2.05) is 0 Å². The second kappa shape index (κ2) is 7.71. The number of rotatable bonds is 5. The summed E-state index contributed by atoms with van der Waals surface area (Å²) in [4.78, 5) is 11.3. The Kier molecular flexibility index (Phi) is 5.93. The van der Waals surface area contributed by atoms with Gasteiger partial charge >= 0.3 is 5.97 Å². The summed E-state index contributed by atoms with van der Waals surface area (Å²) in [5.41, 5.74) is 1.24. The Morgan fingerprint density at radius 1 is 1.14 bits per heavy atom. The monoisotopic (exact) mass is 326 g/mol. The topological polar surface area (TPSA) is 75.7 Å². The van der Waals surface area contributed by atoms with E-state index in [4.69, 9.17) is 0 Å². The first kappa shape index (κ1) is 16.9. The summed E-state index contributed by atoms with van der Waals surface area (Å²) in [6, 6.07) is 6.69. The summed E-state index contributed by atoms with van der Waals surface area (Å²) in [6.45, 7) is 1.37. The lowest BCUT2D eigenvalue weighted by molar-refractivity contribution is 0.0600. The van der Waals surface area contributed by atoms with E-state index in [9.17, 15) is 13.2 Å². The highest BCUT2D eigenvalue weighted by Gasteiger charge is 2.22. The van der Waals surface area contributed by atoms with Crippen LogP contribution in [-0.2, 0) is 21.5 Å². The number of benzene rings is 1. The molecule has 6 nitrogen and oxygen atoms in total. The zero-order valence-corrected chi connectivity index (χ0v) is 13.6. The van der Waals surface area contributed by atoms with E-state index >= 15 is 0 Å². The first-order valence-electron chi connectivity index (χ1n) is 7.45. The zero-order chi connectivity index (χ0) is 16.0. The number of hydrogen-bond donors (Lipinski definition) is 1. The maximum atomic E-state index is 12.3. The lowest BCUT2D eigenvalue weighted by Crippen LogP contribution is -2.40. The molecule has 0 amide bonds. The van der Waals surface area contributed by atoms with Crippen molar-refractivity contribution in [2.75, 3.05) is 20.2 Å². The average Bonchev–Trinajstić information content (AvgIpc) is 2.82. The van der Waals surface area contributed by atoms with Crippen molar-refractivity contribution in [3.8, 4) is 0 Å². The molecule has 0 spiro atoms.